The van der Waals surface area contributed by atoms with Crippen molar-refractivity contribution >= 4 is 17.1 Å². The Morgan fingerprint density at radius 2 is 1.94 bits per heavy atom. The highest BCUT2D eigenvalue weighted by molar-refractivity contribution is 5.73. The fourth-order valence-corrected chi connectivity index (χ4v) is 1.87. The molecule has 0 atom stereocenters. The summed E-state index contributed by atoms with van der Waals surface area (Å²) in [7, 11) is 4.54. The molecule has 0 radical (unpaired) electrons. The summed E-state index contributed by atoms with van der Waals surface area (Å²) >= 11 is 0. The first-order valence-electron chi connectivity index (χ1n) is 5.39. The lowest BCUT2D eigenvalue weighted by molar-refractivity contribution is 0.188. The van der Waals surface area contributed by atoms with Crippen LogP contribution in [0.3, 0.4) is 0 Å². The van der Waals surface area contributed by atoms with E-state index in [4.69, 9.17) is 10.5 Å². The number of imidazole rings is 1. The molecule has 0 bridgehead atoms. The predicted octanol–water partition coefficient (Wildman–Crippen LogP) is -1.34. The van der Waals surface area contributed by atoms with Gasteiger partial charge in [0.05, 0.1) is 6.61 Å². The van der Waals surface area contributed by atoms with Crippen LogP contribution in [0, 0.1) is 0 Å². The summed E-state index contributed by atoms with van der Waals surface area (Å²) in [5, 5.41) is 0. The number of nitrogens with zero attached hydrogens (tertiary/aromatic N) is 4. The maximum absolute atomic E-state index is 12.1. The molecular weight excluding hydrogens is 238 g/mol. The Bertz CT molecular complexity index is 709. The van der Waals surface area contributed by atoms with Crippen LogP contribution < -0.4 is 17.0 Å². The molecule has 2 N–H and O–H groups in total. The first-order chi connectivity index (χ1) is 8.49. The number of fused-ring (bicyclic) bond motifs is 1. The molecule has 0 saturated carbocycles. The lowest BCUT2D eigenvalue weighted by atomic mass is 10.5. The van der Waals surface area contributed by atoms with Crippen molar-refractivity contribution in [3.63, 3.8) is 0 Å². The summed E-state index contributed by atoms with van der Waals surface area (Å²) in [6.45, 7) is 0.813. The van der Waals surface area contributed by atoms with Gasteiger partial charge in [0.15, 0.2) is 11.2 Å². The van der Waals surface area contributed by atoms with Gasteiger partial charge in [0.2, 0.25) is 5.95 Å². The summed E-state index contributed by atoms with van der Waals surface area (Å²) in [6.07, 6.45) is 0. The number of aromatic nitrogens is 4. The molecular formula is C10H15N5O3. The fraction of sp³-hybridized carbons (Fsp3) is 0.500. The van der Waals surface area contributed by atoms with E-state index in [1.54, 1.807) is 18.7 Å². The topological polar surface area (TPSA) is 97.1 Å². The molecule has 0 aliphatic carbocycles. The highest BCUT2D eigenvalue weighted by Crippen LogP contribution is 2.11. The molecule has 2 rings (SSSR count). The Labute approximate surface area is 102 Å². The average molecular weight is 253 g/mol. The second-order valence-corrected chi connectivity index (χ2v) is 3.99. The number of hydrogen-bond donors (Lipinski definition) is 1. The smallest absolute Gasteiger partial charge is 0.332 e. The van der Waals surface area contributed by atoms with Gasteiger partial charge < -0.3 is 15.0 Å². The van der Waals surface area contributed by atoms with Crippen molar-refractivity contribution in [1.29, 1.82) is 0 Å². The van der Waals surface area contributed by atoms with Crippen molar-refractivity contribution in [3.05, 3.63) is 20.8 Å². The van der Waals surface area contributed by atoms with E-state index in [0.717, 1.165) is 4.57 Å². The fourth-order valence-electron chi connectivity index (χ4n) is 1.87. The number of rotatable bonds is 3. The van der Waals surface area contributed by atoms with Crippen molar-refractivity contribution in [2.75, 3.05) is 19.5 Å². The summed E-state index contributed by atoms with van der Waals surface area (Å²) in [5.74, 6) is 0.195. The van der Waals surface area contributed by atoms with Gasteiger partial charge in [-0.3, -0.25) is 13.9 Å². The van der Waals surface area contributed by atoms with E-state index in [0.29, 0.717) is 18.7 Å². The number of nitrogen functional groups attached to an aromatic ring is 1. The summed E-state index contributed by atoms with van der Waals surface area (Å²) < 4.78 is 8.85. The molecule has 0 aliphatic heterocycles. The van der Waals surface area contributed by atoms with Crippen LogP contribution in [-0.2, 0) is 25.4 Å². The highest BCUT2D eigenvalue weighted by Gasteiger charge is 2.17. The van der Waals surface area contributed by atoms with Crippen LogP contribution in [0.5, 0.6) is 0 Å². The lowest BCUT2D eigenvalue weighted by Gasteiger charge is -2.06. The molecule has 0 amide bonds. The van der Waals surface area contributed by atoms with E-state index in [1.807, 2.05) is 0 Å². The van der Waals surface area contributed by atoms with E-state index in [9.17, 15) is 9.59 Å². The van der Waals surface area contributed by atoms with Gasteiger partial charge in [0.25, 0.3) is 5.56 Å². The Morgan fingerprint density at radius 1 is 1.28 bits per heavy atom. The normalized spacial score (nSPS) is 11.3. The number of nitrogens with two attached hydrogens (primary N) is 1. The summed E-state index contributed by atoms with van der Waals surface area (Å²) in [4.78, 5) is 27.9. The van der Waals surface area contributed by atoms with Crippen LogP contribution in [0.25, 0.3) is 11.2 Å². The van der Waals surface area contributed by atoms with Gasteiger partial charge >= 0.3 is 5.69 Å². The molecule has 0 fully saturated rings. The SMILES string of the molecule is COCCn1c(N)nc2c1c(=O)n(C)c(=O)n2C. The molecule has 2 aromatic rings. The second kappa shape index (κ2) is 4.30. The standard InChI is InChI=1S/C10H15N5O3/c1-13-7-6(8(16)14(2)10(13)17)15(4-5-18-3)9(11)12-7/h4-5H2,1-3H3,(H2,11,12). The van der Waals surface area contributed by atoms with E-state index >= 15 is 0 Å². The zero-order valence-corrected chi connectivity index (χ0v) is 10.5. The van der Waals surface area contributed by atoms with Crippen LogP contribution in [0.4, 0.5) is 5.95 Å². The molecule has 2 heterocycles. The number of hydrogen-bond acceptors (Lipinski definition) is 5. The Kier molecular flexibility index (Phi) is 2.95. The molecule has 8 nitrogen and oxygen atoms in total. The molecule has 0 aliphatic rings. The Morgan fingerprint density at radius 3 is 2.56 bits per heavy atom. The van der Waals surface area contributed by atoms with E-state index in [-0.39, 0.29) is 11.6 Å². The zero-order valence-electron chi connectivity index (χ0n) is 10.5. The Balaban J connectivity index is 2.86. The molecule has 8 heteroatoms. The minimum absolute atomic E-state index is 0.195. The van der Waals surface area contributed by atoms with Gasteiger partial charge in [0.1, 0.15) is 0 Å². The maximum Gasteiger partial charge on any atom is 0.332 e. The van der Waals surface area contributed by atoms with Crippen molar-refractivity contribution in [1.82, 2.24) is 18.7 Å². The number of ether oxygens (including phenoxy) is 1. The van der Waals surface area contributed by atoms with Gasteiger partial charge in [-0.25, -0.2) is 4.79 Å². The molecule has 0 unspecified atom stereocenters. The monoisotopic (exact) mass is 253 g/mol. The van der Waals surface area contributed by atoms with Gasteiger partial charge in [-0.15, -0.1) is 0 Å². The Hall–Kier alpha value is -2.09. The first-order valence-corrected chi connectivity index (χ1v) is 5.39. The van der Waals surface area contributed by atoms with Gasteiger partial charge in [-0.05, 0) is 0 Å². The van der Waals surface area contributed by atoms with Crippen LogP contribution >= 0.6 is 0 Å². The van der Waals surface area contributed by atoms with E-state index in [2.05, 4.69) is 4.98 Å². The minimum Gasteiger partial charge on any atom is -0.383 e. The van der Waals surface area contributed by atoms with Gasteiger partial charge in [0, 0.05) is 27.7 Å². The third-order valence-electron chi connectivity index (χ3n) is 2.90. The van der Waals surface area contributed by atoms with Gasteiger partial charge in [-0.2, -0.15) is 4.98 Å². The number of methoxy groups -OCH3 is 1. The number of aryl methyl sites for hydroxylation is 1. The zero-order chi connectivity index (χ0) is 13.4. The van der Waals surface area contributed by atoms with Crippen LogP contribution in [-0.4, -0.2) is 32.4 Å². The van der Waals surface area contributed by atoms with Crippen LogP contribution in [0.1, 0.15) is 0 Å². The highest BCUT2D eigenvalue weighted by atomic mass is 16.5. The third kappa shape index (κ3) is 1.61. The third-order valence-corrected chi connectivity index (χ3v) is 2.90. The second-order valence-electron chi connectivity index (χ2n) is 3.99. The molecule has 18 heavy (non-hydrogen) atoms. The van der Waals surface area contributed by atoms with Crippen molar-refractivity contribution in [2.24, 2.45) is 14.1 Å². The molecule has 98 valence electrons. The predicted molar refractivity (Wildman–Crippen MR) is 66.5 cm³/mol. The molecule has 0 spiro atoms. The summed E-state index contributed by atoms with van der Waals surface area (Å²) in [5.41, 5.74) is 5.53. The van der Waals surface area contributed by atoms with E-state index < -0.39 is 11.2 Å². The van der Waals surface area contributed by atoms with Crippen molar-refractivity contribution < 1.29 is 4.74 Å². The minimum atomic E-state index is -0.427. The molecule has 2 aromatic heterocycles. The van der Waals surface area contributed by atoms with Gasteiger partial charge in [-0.1, -0.05) is 0 Å². The van der Waals surface area contributed by atoms with Crippen molar-refractivity contribution in [2.45, 2.75) is 6.54 Å². The lowest BCUT2D eigenvalue weighted by Crippen LogP contribution is -2.37. The van der Waals surface area contributed by atoms with Crippen LogP contribution in [0.15, 0.2) is 9.59 Å². The molecule has 0 saturated heterocycles. The molecule has 0 aromatic carbocycles. The average Bonchev–Trinajstić information content (AvgIpc) is 2.68. The summed E-state index contributed by atoms with van der Waals surface area (Å²) in [6, 6.07) is 0. The quantitative estimate of drug-likeness (QED) is 0.730. The van der Waals surface area contributed by atoms with E-state index in [1.165, 1.54) is 11.6 Å². The van der Waals surface area contributed by atoms with Crippen LogP contribution in [0.2, 0.25) is 0 Å². The maximum atomic E-state index is 12.1. The van der Waals surface area contributed by atoms with Crippen molar-refractivity contribution in [3.8, 4) is 0 Å². The largest absolute Gasteiger partial charge is 0.383 e. The first kappa shape index (κ1) is 12.4. The number of anilines is 1.